The molecule has 1 rings (SSSR count). The first-order valence-electron chi connectivity index (χ1n) is 24.3. The monoisotopic (exact) mass is 809 g/mol. The van der Waals surface area contributed by atoms with Crippen molar-refractivity contribution >= 4 is 17.8 Å². The molecule has 0 bridgehead atoms. The normalized spacial score (nSPS) is 13.7. The Bertz CT molecular complexity index is 879. The van der Waals surface area contributed by atoms with Crippen LogP contribution >= 0.6 is 0 Å². The predicted octanol–water partition coefficient (Wildman–Crippen LogP) is 11.4. The Morgan fingerprint density at radius 1 is 0.526 bits per heavy atom. The number of nitrogens with one attached hydrogen (secondary N) is 1. The van der Waals surface area contributed by atoms with Crippen LogP contribution in [0.5, 0.6) is 0 Å². The SMILES string of the molecule is CCCCCCC(CCCCCC)C(=O)OCCCCOCC(C)(COCCCCOC(=O)C(CCCCCC)CCCCCC)C(=O)NCCN1CCCCC1. The van der Waals surface area contributed by atoms with Crippen LogP contribution in [0.3, 0.4) is 0 Å². The standard InChI is InChI=1S/C48H92N2O7/c1-6-10-14-19-29-43(30-20-15-11-7-2)45(51)56-39-27-25-37-54-41-48(5,47(53)49-33-36-50-34-23-18-24-35-50)42-55-38-26-28-40-57-46(52)44(31-21-16-12-8-3)32-22-17-13-9-4/h43-44H,6-42H2,1-5H3,(H,49,53). The number of rotatable bonds is 40. The maximum Gasteiger partial charge on any atom is 0.308 e. The fourth-order valence-corrected chi connectivity index (χ4v) is 7.72. The average molecular weight is 809 g/mol. The molecule has 1 aliphatic rings. The van der Waals surface area contributed by atoms with Crippen molar-refractivity contribution in [3.63, 3.8) is 0 Å². The van der Waals surface area contributed by atoms with Crippen molar-refractivity contribution in [1.29, 1.82) is 0 Å². The van der Waals surface area contributed by atoms with Gasteiger partial charge in [-0.3, -0.25) is 14.4 Å². The second-order valence-corrected chi connectivity index (χ2v) is 17.4. The number of hydrogen-bond donors (Lipinski definition) is 1. The number of carbonyl (C=O) groups excluding carboxylic acids is 3. The second-order valence-electron chi connectivity index (χ2n) is 17.4. The van der Waals surface area contributed by atoms with E-state index in [1.165, 1.54) is 96.3 Å². The Morgan fingerprint density at radius 3 is 1.30 bits per heavy atom. The van der Waals surface area contributed by atoms with Crippen LogP contribution in [0, 0.1) is 17.3 Å². The van der Waals surface area contributed by atoms with E-state index < -0.39 is 5.41 Å². The Morgan fingerprint density at radius 2 is 0.912 bits per heavy atom. The van der Waals surface area contributed by atoms with Crippen molar-refractivity contribution in [3.8, 4) is 0 Å². The fraction of sp³-hybridized carbons (Fsp3) is 0.938. The number of ether oxygens (including phenoxy) is 4. The first-order valence-corrected chi connectivity index (χ1v) is 24.3. The van der Waals surface area contributed by atoms with E-state index in [4.69, 9.17) is 18.9 Å². The molecule has 0 atom stereocenters. The van der Waals surface area contributed by atoms with Crippen molar-refractivity contribution in [1.82, 2.24) is 10.2 Å². The molecule has 0 radical (unpaired) electrons. The number of esters is 2. The summed E-state index contributed by atoms with van der Waals surface area (Å²) in [5.74, 6) is -0.0841. The summed E-state index contributed by atoms with van der Waals surface area (Å²) in [6.45, 7) is 16.8. The Hall–Kier alpha value is -1.71. The lowest BCUT2D eigenvalue weighted by Crippen LogP contribution is -2.47. The molecule has 1 aliphatic heterocycles. The molecule has 9 heteroatoms. The van der Waals surface area contributed by atoms with Gasteiger partial charge in [-0.1, -0.05) is 137 Å². The largest absolute Gasteiger partial charge is 0.465 e. The smallest absolute Gasteiger partial charge is 0.308 e. The van der Waals surface area contributed by atoms with E-state index in [-0.39, 0.29) is 42.9 Å². The molecular weight excluding hydrogens is 717 g/mol. The maximum absolute atomic E-state index is 13.6. The summed E-state index contributed by atoms with van der Waals surface area (Å²) in [6, 6.07) is 0. The summed E-state index contributed by atoms with van der Waals surface area (Å²) in [6.07, 6.45) is 29.3. The van der Waals surface area contributed by atoms with Gasteiger partial charge in [0.05, 0.1) is 43.7 Å². The second kappa shape index (κ2) is 37.3. The van der Waals surface area contributed by atoms with E-state index in [1.807, 2.05) is 6.92 Å². The Kier molecular flexibility index (Phi) is 34.9. The summed E-state index contributed by atoms with van der Waals surface area (Å²) in [5, 5.41) is 3.17. The summed E-state index contributed by atoms with van der Waals surface area (Å²) in [7, 11) is 0. The molecule has 1 fully saturated rings. The van der Waals surface area contributed by atoms with Crippen molar-refractivity contribution in [2.45, 2.75) is 208 Å². The minimum absolute atomic E-state index is 0.0154. The molecule has 57 heavy (non-hydrogen) atoms. The van der Waals surface area contributed by atoms with Gasteiger partial charge in [0, 0.05) is 26.3 Å². The molecule has 0 aromatic rings. The molecule has 1 amide bonds. The van der Waals surface area contributed by atoms with E-state index in [0.29, 0.717) is 33.0 Å². The lowest BCUT2D eigenvalue weighted by Gasteiger charge is -2.30. The highest BCUT2D eigenvalue weighted by Gasteiger charge is 2.34. The molecular formula is C48H92N2O7. The highest BCUT2D eigenvalue weighted by molar-refractivity contribution is 5.82. The first kappa shape index (κ1) is 53.3. The molecule has 1 N–H and O–H groups in total. The molecule has 0 saturated carbocycles. The zero-order valence-electron chi connectivity index (χ0n) is 38.1. The first-order chi connectivity index (χ1) is 27.8. The van der Waals surface area contributed by atoms with Crippen LogP contribution in [0.15, 0.2) is 0 Å². The van der Waals surface area contributed by atoms with E-state index in [9.17, 15) is 14.4 Å². The maximum atomic E-state index is 13.6. The third-order valence-corrected chi connectivity index (χ3v) is 11.7. The van der Waals surface area contributed by atoms with Crippen molar-refractivity contribution in [2.24, 2.45) is 17.3 Å². The number of unbranched alkanes of at least 4 members (excludes halogenated alkanes) is 14. The number of piperidine rings is 1. The number of hydrogen-bond acceptors (Lipinski definition) is 8. The average Bonchev–Trinajstić information content (AvgIpc) is 3.22. The van der Waals surface area contributed by atoms with E-state index >= 15 is 0 Å². The van der Waals surface area contributed by atoms with Crippen molar-refractivity contribution in [3.05, 3.63) is 0 Å². The van der Waals surface area contributed by atoms with Crippen molar-refractivity contribution < 1.29 is 33.3 Å². The van der Waals surface area contributed by atoms with Gasteiger partial charge in [-0.25, -0.2) is 0 Å². The topological polar surface area (TPSA) is 103 Å². The third-order valence-electron chi connectivity index (χ3n) is 11.7. The summed E-state index contributed by atoms with van der Waals surface area (Å²) in [4.78, 5) is 41.9. The van der Waals surface area contributed by atoms with Gasteiger partial charge in [0.15, 0.2) is 0 Å². The molecule has 0 aromatic heterocycles. The minimum atomic E-state index is -0.827. The van der Waals surface area contributed by atoms with Gasteiger partial charge in [-0.15, -0.1) is 0 Å². The lowest BCUT2D eigenvalue weighted by molar-refractivity contribution is -0.150. The Labute approximate surface area is 351 Å². The number of likely N-dealkylation sites (tertiary alicyclic amines) is 1. The predicted molar refractivity (Wildman–Crippen MR) is 235 cm³/mol. The zero-order chi connectivity index (χ0) is 41.7. The van der Waals surface area contributed by atoms with Gasteiger partial charge in [0.1, 0.15) is 0 Å². The third kappa shape index (κ3) is 28.4. The highest BCUT2D eigenvalue weighted by atomic mass is 16.5. The van der Waals surface area contributed by atoms with Crippen LogP contribution < -0.4 is 5.32 Å². The summed E-state index contributed by atoms with van der Waals surface area (Å²) in [5.41, 5.74) is -0.827. The zero-order valence-corrected chi connectivity index (χ0v) is 38.1. The van der Waals surface area contributed by atoms with Crippen LogP contribution in [-0.2, 0) is 33.3 Å². The molecule has 9 nitrogen and oxygen atoms in total. The van der Waals surface area contributed by atoms with Gasteiger partial charge in [0.2, 0.25) is 5.91 Å². The molecule has 0 aromatic carbocycles. The molecule has 1 saturated heterocycles. The van der Waals surface area contributed by atoms with Crippen LogP contribution in [-0.4, -0.2) is 88.6 Å². The summed E-state index contributed by atoms with van der Waals surface area (Å²) >= 11 is 0. The van der Waals surface area contributed by atoms with Crippen LogP contribution in [0.25, 0.3) is 0 Å². The molecule has 0 unspecified atom stereocenters. The van der Waals surface area contributed by atoms with Crippen LogP contribution in [0.2, 0.25) is 0 Å². The summed E-state index contributed by atoms with van der Waals surface area (Å²) < 4.78 is 23.7. The van der Waals surface area contributed by atoms with E-state index in [1.54, 1.807) is 0 Å². The molecule has 1 heterocycles. The Balaban J connectivity index is 2.53. The lowest BCUT2D eigenvalue weighted by atomic mass is 9.91. The van der Waals surface area contributed by atoms with Crippen LogP contribution in [0.4, 0.5) is 0 Å². The van der Waals surface area contributed by atoms with E-state index in [2.05, 4.69) is 37.9 Å². The minimum Gasteiger partial charge on any atom is -0.465 e. The van der Waals surface area contributed by atoms with Gasteiger partial charge in [0.25, 0.3) is 0 Å². The van der Waals surface area contributed by atoms with Gasteiger partial charge >= 0.3 is 11.9 Å². The fourth-order valence-electron chi connectivity index (χ4n) is 7.72. The van der Waals surface area contributed by atoms with Crippen molar-refractivity contribution in [2.75, 3.05) is 65.8 Å². The number of nitrogens with zero attached hydrogens (tertiary/aromatic N) is 1. The van der Waals surface area contributed by atoms with Gasteiger partial charge < -0.3 is 29.2 Å². The quantitative estimate of drug-likeness (QED) is 0.0482. The van der Waals surface area contributed by atoms with Gasteiger partial charge in [-0.2, -0.15) is 0 Å². The molecule has 336 valence electrons. The number of carbonyl (C=O) groups is 3. The number of amides is 1. The molecule has 0 spiro atoms. The van der Waals surface area contributed by atoms with Gasteiger partial charge in [-0.05, 0) is 84.2 Å². The highest BCUT2D eigenvalue weighted by Crippen LogP contribution is 2.23. The van der Waals surface area contributed by atoms with Crippen LogP contribution in [0.1, 0.15) is 208 Å². The molecule has 0 aliphatic carbocycles. The van der Waals surface area contributed by atoms with E-state index in [0.717, 1.165) is 96.7 Å².